The summed E-state index contributed by atoms with van der Waals surface area (Å²) in [5.41, 5.74) is 1.86. The van der Waals surface area contributed by atoms with Crippen LogP contribution in [0.25, 0.3) is 0 Å². The third-order valence-corrected chi connectivity index (χ3v) is 6.60. The SMILES string of the molecule is O=C1/C(=C/C=C2/Sc3ccccc3N2CCO)SC(=S)N1c1ccccc1. The van der Waals surface area contributed by atoms with E-state index in [0.29, 0.717) is 15.8 Å². The summed E-state index contributed by atoms with van der Waals surface area (Å²) in [5, 5.41) is 10.4. The van der Waals surface area contributed by atoms with Crippen LogP contribution in [0.15, 0.2) is 81.6 Å². The first kappa shape index (κ1) is 18.3. The van der Waals surface area contributed by atoms with Gasteiger partial charge in [0.1, 0.15) is 0 Å². The lowest BCUT2D eigenvalue weighted by molar-refractivity contribution is -0.113. The van der Waals surface area contributed by atoms with Crippen molar-refractivity contribution in [3.8, 4) is 0 Å². The molecule has 0 atom stereocenters. The van der Waals surface area contributed by atoms with Crippen LogP contribution in [-0.2, 0) is 4.79 Å². The summed E-state index contributed by atoms with van der Waals surface area (Å²) in [4.78, 5) is 18.2. The molecule has 4 rings (SSSR count). The summed E-state index contributed by atoms with van der Waals surface area (Å²) in [7, 11) is 0. The van der Waals surface area contributed by atoms with Crippen molar-refractivity contribution in [3.05, 3.63) is 76.7 Å². The van der Waals surface area contributed by atoms with E-state index in [1.54, 1.807) is 16.7 Å². The molecular formula is C20H16N2O2S3. The van der Waals surface area contributed by atoms with Crippen LogP contribution in [0.5, 0.6) is 0 Å². The zero-order chi connectivity index (χ0) is 18.8. The summed E-state index contributed by atoms with van der Waals surface area (Å²) < 4.78 is 0.533. The van der Waals surface area contributed by atoms with Gasteiger partial charge in [0.15, 0.2) is 4.32 Å². The number of aliphatic hydroxyl groups excluding tert-OH is 1. The molecule has 27 heavy (non-hydrogen) atoms. The largest absolute Gasteiger partial charge is 0.395 e. The van der Waals surface area contributed by atoms with Gasteiger partial charge in [-0.25, -0.2) is 0 Å². The molecule has 0 aliphatic carbocycles. The molecule has 7 heteroatoms. The van der Waals surface area contributed by atoms with Crippen LogP contribution in [0, 0.1) is 0 Å². The Balaban J connectivity index is 1.61. The third kappa shape index (κ3) is 3.55. The maximum Gasteiger partial charge on any atom is 0.270 e. The molecule has 4 nitrogen and oxygen atoms in total. The number of amides is 1. The van der Waals surface area contributed by atoms with Crippen molar-refractivity contribution in [1.82, 2.24) is 0 Å². The molecule has 1 N–H and O–H groups in total. The molecule has 136 valence electrons. The van der Waals surface area contributed by atoms with Gasteiger partial charge in [0.25, 0.3) is 5.91 Å². The van der Waals surface area contributed by atoms with E-state index >= 15 is 0 Å². The number of carbonyl (C=O) groups excluding carboxylic acids is 1. The first-order chi connectivity index (χ1) is 13.2. The number of thioether (sulfide) groups is 2. The Morgan fingerprint density at radius 3 is 2.52 bits per heavy atom. The Labute approximate surface area is 171 Å². The first-order valence-corrected chi connectivity index (χ1v) is 10.4. The highest BCUT2D eigenvalue weighted by Gasteiger charge is 2.33. The summed E-state index contributed by atoms with van der Waals surface area (Å²) in [5.74, 6) is -0.109. The van der Waals surface area contributed by atoms with Gasteiger partial charge in [0.2, 0.25) is 0 Å². The fraction of sp³-hybridized carbons (Fsp3) is 0.100. The second kappa shape index (κ2) is 7.90. The number of fused-ring (bicyclic) bond motifs is 1. The van der Waals surface area contributed by atoms with Gasteiger partial charge in [-0.1, -0.05) is 66.1 Å². The molecule has 2 aromatic rings. The zero-order valence-corrected chi connectivity index (χ0v) is 16.7. The number of hydrogen-bond acceptors (Lipinski definition) is 6. The molecular weight excluding hydrogens is 396 g/mol. The molecule has 1 saturated heterocycles. The number of benzene rings is 2. The van der Waals surface area contributed by atoms with Crippen molar-refractivity contribution in [3.63, 3.8) is 0 Å². The highest BCUT2D eigenvalue weighted by atomic mass is 32.2. The molecule has 0 saturated carbocycles. The lowest BCUT2D eigenvalue weighted by atomic mass is 10.3. The summed E-state index contributed by atoms with van der Waals surface area (Å²) in [6.45, 7) is 0.566. The molecule has 2 heterocycles. The maximum absolute atomic E-state index is 12.8. The second-order valence-electron chi connectivity index (χ2n) is 5.82. The second-order valence-corrected chi connectivity index (χ2v) is 8.56. The minimum Gasteiger partial charge on any atom is -0.395 e. The predicted molar refractivity (Wildman–Crippen MR) is 117 cm³/mol. The Morgan fingerprint density at radius 1 is 1.00 bits per heavy atom. The number of rotatable bonds is 4. The van der Waals surface area contributed by atoms with E-state index in [4.69, 9.17) is 12.2 Å². The van der Waals surface area contributed by atoms with Crippen molar-refractivity contribution < 1.29 is 9.90 Å². The molecule has 0 bridgehead atoms. The third-order valence-electron chi connectivity index (χ3n) is 4.15. The number of carbonyl (C=O) groups is 1. The highest BCUT2D eigenvalue weighted by Crippen LogP contribution is 2.46. The van der Waals surface area contributed by atoms with Crippen LogP contribution >= 0.6 is 35.7 Å². The fourth-order valence-corrected chi connectivity index (χ4v) is 5.27. The van der Waals surface area contributed by atoms with Gasteiger partial charge >= 0.3 is 0 Å². The lowest BCUT2D eigenvalue weighted by Crippen LogP contribution is -2.27. The monoisotopic (exact) mass is 412 g/mol. The molecule has 1 fully saturated rings. The average Bonchev–Trinajstić information content (AvgIpc) is 3.18. The summed E-state index contributed by atoms with van der Waals surface area (Å²) in [6, 6.07) is 17.5. The van der Waals surface area contributed by atoms with Gasteiger partial charge in [-0.15, -0.1) is 0 Å². The van der Waals surface area contributed by atoms with Crippen molar-refractivity contribution in [2.75, 3.05) is 23.0 Å². The lowest BCUT2D eigenvalue weighted by Gasteiger charge is -2.18. The average molecular weight is 413 g/mol. The number of thiocarbonyl (C=S) groups is 1. The normalized spacial score (nSPS) is 19.4. The molecule has 0 spiro atoms. The fourth-order valence-electron chi connectivity index (χ4n) is 2.94. The molecule has 2 aliphatic heterocycles. The molecule has 0 unspecified atom stereocenters. The highest BCUT2D eigenvalue weighted by molar-refractivity contribution is 8.27. The van der Waals surface area contributed by atoms with Crippen LogP contribution < -0.4 is 9.80 Å². The number of allylic oxidation sites excluding steroid dienone is 2. The van der Waals surface area contributed by atoms with E-state index in [1.807, 2.05) is 60.7 Å². The zero-order valence-electron chi connectivity index (χ0n) is 14.2. The number of nitrogens with zero attached hydrogens (tertiary/aromatic N) is 2. The Hall–Kier alpha value is -2.06. The number of hydrogen-bond donors (Lipinski definition) is 1. The smallest absolute Gasteiger partial charge is 0.270 e. The minimum absolute atomic E-state index is 0.0579. The Kier molecular flexibility index (Phi) is 5.36. The molecule has 2 aromatic carbocycles. The van der Waals surface area contributed by atoms with E-state index in [0.717, 1.165) is 21.3 Å². The van der Waals surface area contributed by atoms with Gasteiger partial charge in [-0.2, -0.15) is 0 Å². The summed E-state index contributed by atoms with van der Waals surface area (Å²) >= 11 is 8.34. The first-order valence-electron chi connectivity index (χ1n) is 8.37. The van der Waals surface area contributed by atoms with Crippen molar-refractivity contribution >= 4 is 57.3 Å². The minimum atomic E-state index is -0.109. The quantitative estimate of drug-likeness (QED) is 0.594. The molecule has 0 radical (unpaired) electrons. The number of aliphatic hydroxyl groups is 1. The van der Waals surface area contributed by atoms with Crippen molar-refractivity contribution in [2.45, 2.75) is 4.90 Å². The molecule has 0 aromatic heterocycles. The Morgan fingerprint density at radius 2 is 1.74 bits per heavy atom. The van der Waals surface area contributed by atoms with E-state index in [9.17, 15) is 9.90 Å². The summed E-state index contributed by atoms with van der Waals surface area (Å²) in [6.07, 6.45) is 3.75. The van der Waals surface area contributed by atoms with Crippen LogP contribution in [0.2, 0.25) is 0 Å². The van der Waals surface area contributed by atoms with E-state index < -0.39 is 0 Å². The van der Waals surface area contributed by atoms with Crippen LogP contribution in [-0.4, -0.2) is 28.5 Å². The number of para-hydroxylation sites is 2. The van der Waals surface area contributed by atoms with Crippen LogP contribution in [0.1, 0.15) is 0 Å². The van der Waals surface area contributed by atoms with E-state index in [2.05, 4.69) is 11.0 Å². The van der Waals surface area contributed by atoms with E-state index in [-0.39, 0.29) is 12.5 Å². The topological polar surface area (TPSA) is 43.8 Å². The van der Waals surface area contributed by atoms with Crippen molar-refractivity contribution in [2.24, 2.45) is 0 Å². The van der Waals surface area contributed by atoms with E-state index in [1.165, 1.54) is 11.8 Å². The van der Waals surface area contributed by atoms with Gasteiger partial charge in [-0.05, 0) is 36.4 Å². The Bertz CT molecular complexity index is 957. The number of anilines is 2. The van der Waals surface area contributed by atoms with Crippen molar-refractivity contribution in [1.29, 1.82) is 0 Å². The van der Waals surface area contributed by atoms with Crippen LogP contribution in [0.3, 0.4) is 0 Å². The van der Waals surface area contributed by atoms with Gasteiger partial charge in [0.05, 0.1) is 27.9 Å². The predicted octanol–water partition coefficient (Wildman–Crippen LogP) is 4.38. The number of β-amino-alcohol motifs (C(OH)–C–C–N with tert-alkyl or cyclic N) is 1. The van der Waals surface area contributed by atoms with Gasteiger partial charge < -0.3 is 10.0 Å². The standard InChI is InChI=1S/C20H16N2O2S3/c23-13-12-21-15-8-4-5-9-16(15)26-18(21)11-10-17-19(24)22(20(25)27-17)14-6-2-1-3-7-14/h1-11,23H,12-13H2/b17-10-,18-11+. The van der Waals surface area contributed by atoms with Gasteiger partial charge in [0, 0.05) is 11.4 Å². The maximum atomic E-state index is 12.8. The van der Waals surface area contributed by atoms with Crippen LogP contribution in [0.4, 0.5) is 11.4 Å². The molecule has 2 aliphatic rings. The molecule has 1 amide bonds. The van der Waals surface area contributed by atoms with Gasteiger partial charge in [-0.3, -0.25) is 9.69 Å².